The molecule has 0 spiro atoms. The summed E-state index contributed by atoms with van der Waals surface area (Å²) in [6.07, 6.45) is 10.4. The first-order valence-corrected chi connectivity index (χ1v) is 5.40. The Bertz CT molecular complexity index is 193. The van der Waals surface area contributed by atoms with Gasteiger partial charge in [0.25, 0.3) is 0 Å². The Morgan fingerprint density at radius 3 is 2.38 bits per heavy atom. The molecule has 0 radical (unpaired) electrons. The van der Waals surface area contributed by atoms with Gasteiger partial charge in [-0.3, -0.25) is 0 Å². The van der Waals surface area contributed by atoms with Crippen LogP contribution in [0.2, 0.25) is 0 Å². The molecule has 2 rings (SSSR count). The van der Waals surface area contributed by atoms with Crippen LogP contribution in [0.15, 0.2) is 24.3 Å². The number of hydrogen-bond acceptors (Lipinski definition) is 1. The monoisotopic (exact) mass is 179 g/mol. The molecular formula is C12H21N. The maximum Gasteiger partial charge on any atom is 0.00471 e. The number of allylic oxidation sites excluding steroid dienone is 3. The van der Waals surface area contributed by atoms with E-state index in [1.807, 2.05) is 13.8 Å². The molecule has 0 aromatic carbocycles. The third-order valence-electron chi connectivity index (χ3n) is 2.74. The molecule has 2 unspecified atom stereocenters. The van der Waals surface area contributed by atoms with Gasteiger partial charge in [0.05, 0.1) is 0 Å². The van der Waals surface area contributed by atoms with Gasteiger partial charge in [-0.05, 0) is 31.8 Å². The molecule has 0 N–H and O–H groups in total. The Morgan fingerprint density at radius 2 is 1.69 bits per heavy atom. The van der Waals surface area contributed by atoms with E-state index in [9.17, 15) is 0 Å². The molecule has 1 aliphatic carbocycles. The first-order chi connectivity index (χ1) is 6.36. The van der Waals surface area contributed by atoms with E-state index >= 15 is 0 Å². The quantitative estimate of drug-likeness (QED) is 0.552. The Labute approximate surface area is 82.1 Å². The lowest BCUT2D eigenvalue weighted by atomic mass is 9.83. The molecule has 0 amide bonds. The molecule has 0 saturated carbocycles. The van der Waals surface area contributed by atoms with Gasteiger partial charge in [0.2, 0.25) is 0 Å². The predicted molar refractivity (Wildman–Crippen MR) is 58.7 cm³/mol. The van der Waals surface area contributed by atoms with E-state index < -0.39 is 0 Å². The smallest absolute Gasteiger partial charge is 0.00471 e. The second-order valence-electron chi connectivity index (χ2n) is 3.65. The van der Waals surface area contributed by atoms with E-state index in [0.717, 1.165) is 11.8 Å². The second kappa shape index (κ2) is 5.23. The van der Waals surface area contributed by atoms with Gasteiger partial charge >= 0.3 is 0 Å². The molecule has 0 aromatic heterocycles. The van der Waals surface area contributed by atoms with Crippen LogP contribution in [-0.2, 0) is 0 Å². The number of fused-ring (bicyclic) bond motifs is 1. The fourth-order valence-corrected chi connectivity index (χ4v) is 2.03. The van der Waals surface area contributed by atoms with E-state index in [0.29, 0.717) is 0 Å². The van der Waals surface area contributed by atoms with Crippen molar-refractivity contribution in [2.24, 2.45) is 11.8 Å². The van der Waals surface area contributed by atoms with Gasteiger partial charge in [-0.1, -0.05) is 38.2 Å². The fraction of sp³-hybridized carbons (Fsp3) is 0.667. The lowest BCUT2D eigenvalue weighted by Crippen LogP contribution is -2.36. The summed E-state index contributed by atoms with van der Waals surface area (Å²) in [5.74, 6) is 1.62. The Morgan fingerprint density at radius 1 is 1.08 bits per heavy atom. The zero-order valence-corrected chi connectivity index (χ0v) is 9.03. The van der Waals surface area contributed by atoms with Gasteiger partial charge < -0.3 is 4.90 Å². The van der Waals surface area contributed by atoms with Crippen LogP contribution in [0, 0.1) is 11.8 Å². The second-order valence-corrected chi connectivity index (χ2v) is 3.65. The molecule has 2 atom stereocenters. The van der Waals surface area contributed by atoms with Crippen LogP contribution in [0.3, 0.4) is 0 Å². The zero-order valence-electron chi connectivity index (χ0n) is 9.03. The van der Waals surface area contributed by atoms with Gasteiger partial charge in [0.1, 0.15) is 0 Å². The van der Waals surface area contributed by atoms with Crippen molar-refractivity contribution in [1.29, 1.82) is 0 Å². The Kier molecular flexibility index (Phi) is 4.23. The van der Waals surface area contributed by atoms with Crippen molar-refractivity contribution in [2.75, 3.05) is 20.1 Å². The highest BCUT2D eigenvalue weighted by Gasteiger charge is 2.24. The molecule has 1 saturated heterocycles. The molecule has 0 bridgehead atoms. The molecule has 1 aliphatic heterocycles. The summed E-state index contributed by atoms with van der Waals surface area (Å²) in [7, 11) is 2.21. The topological polar surface area (TPSA) is 3.24 Å². The molecule has 1 heterocycles. The average Bonchev–Trinajstić information content (AvgIpc) is 2.21. The third-order valence-corrected chi connectivity index (χ3v) is 2.74. The van der Waals surface area contributed by atoms with Gasteiger partial charge in [-0.15, -0.1) is 0 Å². The van der Waals surface area contributed by atoms with Crippen LogP contribution in [0.5, 0.6) is 0 Å². The molecule has 0 aromatic rings. The number of rotatable bonds is 0. The number of nitrogens with zero attached hydrogens (tertiary/aromatic N) is 1. The minimum absolute atomic E-state index is 0.791. The summed E-state index contributed by atoms with van der Waals surface area (Å²) < 4.78 is 0. The summed E-state index contributed by atoms with van der Waals surface area (Å²) >= 11 is 0. The number of piperidine rings is 1. The molecule has 1 fully saturated rings. The van der Waals surface area contributed by atoms with Crippen molar-refractivity contribution in [1.82, 2.24) is 4.90 Å². The van der Waals surface area contributed by atoms with Crippen LogP contribution in [0.1, 0.15) is 20.3 Å². The largest absolute Gasteiger partial charge is 0.306 e. The first-order valence-electron chi connectivity index (χ1n) is 5.40. The van der Waals surface area contributed by atoms with Gasteiger partial charge in [-0.25, -0.2) is 0 Å². The van der Waals surface area contributed by atoms with E-state index in [4.69, 9.17) is 0 Å². The molecule has 1 nitrogen and oxygen atoms in total. The van der Waals surface area contributed by atoms with Crippen LogP contribution >= 0.6 is 0 Å². The molecule has 13 heavy (non-hydrogen) atoms. The van der Waals surface area contributed by atoms with Crippen molar-refractivity contribution >= 4 is 0 Å². The van der Waals surface area contributed by atoms with Gasteiger partial charge in [-0.2, -0.15) is 0 Å². The summed E-state index contributed by atoms with van der Waals surface area (Å²) in [5.41, 5.74) is 0. The molecular weight excluding hydrogens is 158 g/mol. The predicted octanol–water partition coefficient (Wildman–Crippen LogP) is 2.71. The highest BCUT2D eigenvalue weighted by Crippen LogP contribution is 2.27. The van der Waals surface area contributed by atoms with Crippen molar-refractivity contribution in [2.45, 2.75) is 20.3 Å². The molecule has 74 valence electrons. The maximum atomic E-state index is 2.42. The van der Waals surface area contributed by atoms with Crippen LogP contribution in [0.25, 0.3) is 0 Å². The Hall–Kier alpha value is -0.560. The highest BCUT2D eigenvalue weighted by atomic mass is 15.1. The Balaban J connectivity index is 0.000000396. The van der Waals surface area contributed by atoms with E-state index in [1.54, 1.807) is 0 Å². The minimum atomic E-state index is 0.791. The van der Waals surface area contributed by atoms with Gasteiger partial charge in [0.15, 0.2) is 0 Å². The van der Waals surface area contributed by atoms with Crippen LogP contribution in [0.4, 0.5) is 0 Å². The zero-order chi connectivity index (χ0) is 9.68. The van der Waals surface area contributed by atoms with Gasteiger partial charge in [0, 0.05) is 6.54 Å². The summed E-state index contributed by atoms with van der Waals surface area (Å²) in [6.45, 7) is 6.50. The minimum Gasteiger partial charge on any atom is -0.306 e. The molecule has 2 aliphatic rings. The standard InChI is InChI=1S/C10H15N.C2H6/c1-11-7-6-9-4-2-3-5-10(9)8-11;1-2/h2-5,9-10H,6-8H2,1H3;1-2H3. The fourth-order valence-electron chi connectivity index (χ4n) is 2.03. The summed E-state index contributed by atoms with van der Waals surface area (Å²) in [6, 6.07) is 0. The normalized spacial score (nSPS) is 31.9. The van der Waals surface area contributed by atoms with Crippen molar-refractivity contribution in [3.05, 3.63) is 24.3 Å². The first kappa shape index (κ1) is 10.5. The van der Waals surface area contributed by atoms with Crippen molar-refractivity contribution in [3.63, 3.8) is 0 Å². The third kappa shape index (κ3) is 2.70. The average molecular weight is 179 g/mol. The van der Waals surface area contributed by atoms with E-state index in [-0.39, 0.29) is 0 Å². The lowest BCUT2D eigenvalue weighted by molar-refractivity contribution is 0.198. The van der Waals surface area contributed by atoms with E-state index in [1.165, 1.54) is 19.5 Å². The van der Waals surface area contributed by atoms with E-state index in [2.05, 4.69) is 36.3 Å². The SMILES string of the molecule is CC.CN1CCC2C=CC=CC2C1. The summed E-state index contributed by atoms with van der Waals surface area (Å²) in [4.78, 5) is 2.42. The van der Waals surface area contributed by atoms with Crippen LogP contribution in [-0.4, -0.2) is 25.0 Å². The summed E-state index contributed by atoms with van der Waals surface area (Å²) in [5, 5.41) is 0. The van der Waals surface area contributed by atoms with Crippen LogP contribution < -0.4 is 0 Å². The van der Waals surface area contributed by atoms with Crippen molar-refractivity contribution < 1.29 is 0 Å². The maximum absolute atomic E-state index is 2.42. The number of likely N-dealkylation sites (tertiary alicyclic amines) is 1. The molecule has 1 heteroatoms. The van der Waals surface area contributed by atoms with Crippen molar-refractivity contribution in [3.8, 4) is 0 Å². The number of hydrogen-bond donors (Lipinski definition) is 0. The highest BCUT2D eigenvalue weighted by molar-refractivity contribution is 5.15. The lowest BCUT2D eigenvalue weighted by Gasteiger charge is -2.34.